The molecule has 0 atom stereocenters. The van der Waals surface area contributed by atoms with E-state index in [0.29, 0.717) is 22.4 Å². The highest BCUT2D eigenvalue weighted by Gasteiger charge is 2.16. The monoisotopic (exact) mass is 465 g/mol. The van der Waals surface area contributed by atoms with Crippen LogP contribution >= 0.6 is 27.3 Å². The van der Waals surface area contributed by atoms with Gasteiger partial charge in [0.15, 0.2) is 0 Å². The van der Waals surface area contributed by atoms with Crippen molar-refractivity contribution in [3.8, 4) is 33.0 Å². The molecule has 0 spiro atoms. The number of para-hydroxylation sites is 1. The van der Waals surface area contributed by atoms with Gasteiger partial charge in [0.1, 0.15) is 5.01 Å². The van der Waals surface area contributed by atoms with Gasteiger partial charge in [0.25, 0.3) is 0 Å². The summed E-state index contributed by atoms with van der Waals surface area (Å²) in [5, 5.41) is 23.7. The number of carboxylic acids is 1. The molecular formula is C22H14BrN2O3S-. The molecule has 0 unspecified atom stereocenters. The average molecular weight is 466 g/mol. The molecule has 144 valence electrons. The molecule has 4 aromatic rings. The van der Waals surface area contributed by atoms with Crippen molar-refractivity contribution in [1.29, 1.82) is 0 Å². The van der Waals surface area contributed by atoms with Crippen LogP contribution in [-0.4, -0.2) is 16.1 Å². The van der Waals surface area contributed by atoms with E-state index >= 15 is 0 Å². The summed E-state index contributed by atoms with van der Waals surface area (Å²) >= 11 is 4.91. The van der Waals surface area contributed by atoms with E-state index in [9.17, 15) is 15.1 Å². The van der Waals surface area contributed by atoms with Crippen LogP contribution in [0.25, 0.3) is 33.0 Å². The summed E-state index contributed by atoms with van der Waals surface area (Å²) in [5.74, 6) is -1.06. The SMILES string of the molecule is O=C(O)c1cc(-c2nc(-c3cccc(Br)c3)cs2)ccc1-c1ccccc1N[O-]. The van der Waals surface area contributed by atoms with Gasteiger partial charge in [-0.3, -0.25) is 0 Å². The van der Waals surface area contributed by atoms with Crippen LogP contribution in [0.2, 0.25) is 0 Å². The highest BCUT2D eigenvalue weighted by molar-refractivity contribution is 9.10. The molecule has 7 heteroatoms. The molecule has 5 nitrogen and oxygen atoms in total. The molecule has 0 saturated heterocycles. The van der Waals surface area contributed by atoms with Crippen molar-refractivity contribution in [1.82, 2.24) is 4.98 Å². The van der Waals surface area contributed by atoms with E-state index in [2.05, 4.69) is 20.9 Å². The van der Waals surface area contributed by atoms with Crippen molar-refractivity contribution < 1.29 is 9.90 Å². The third-order valence-corrected chi connectivity index (χ3v) is 5.83. The fourth-order valence-electron chi connectivity index (χ4n) is 3.08. The minimum atomic E-state index is -1.06. The molecule has 0 amide bonds. The lowest BCUT2D eigenvalue weighted by Gasteiger charge is -2.16. The molecule has 0 saturated carbocycles. The summed E-state index contributed by atoms with van der Waals surface area (Å²) in [6, 6.07) is 19.8. The van der Waals surface area contributed by atoms with Gasteiger partial charge in [0.05, 0.1) is 11.3 Å². The van der Waals surface area contributed by atoms with Crippen molar-refractivity contribution in [2.45, 2.75) is 0 Å². The largest absolute Gasteiger partial charge is 0.761 e. The smallest absolute Gasteiger partial charge is 0.336 e. The number of hydrogen-bond donors (Lipinski definition) is 2. The molecule has 1 aromatic heterocycles. The van der Waals surface area contributed by atoms with Crippen molar-refractivity contribution in [2.24, 2.45) is 0 Å². The normalized spacial score (nSPS) is 10.7. The number of hydrogen-bond acceptors (Lipinski definition) is 5. The fourth-order valence-corrected chi connectivity index (χ4v) is 4.31. The molecular weight excluding hydrogens is 452 g/mol. The second-order valence-electron chi connectivity index (χ2n) is 6.26. The maximum absolute atomic E-state index is 11.9. The van der Waals surface area contributed by atoms with Gasteiger partial charge in [0, 0.05) is 32.2 Å². The summed E-state index contributed by atoms with van der Waals surface area (Å²) in [6.45, 7) is 0. The molecule has 3 aromatic carbocycles. The van der Waals surface area contributed by atoms with Gasteiger partial charge in [-0.1, -0.05) is 58.4 Å². The lowest BCUT2D eigenvalue weighted by Crippen LogP contribution is -2.01. The maximum atomic E-state index is 11.9. The van der Waals surface area contributed by atoms with Gasteiger partial charge in [-0.15, -0.1) is 11.3 Å². The lowest BCUT2D eigenvalue weighted by molar-refractivity contribution is 0.0698. The number of benzene rings is 3. The Labute approximate surface area is 179 Å². The topological polar surface area (TPSA) is 85.3 Å². The van der Waals surface area contributed by atoms with Gasteiger partial charge < -0.3 is 15.8 Å². The van der Waals surface area contributed by atoms with Crippen LogP contribution in [0.15, 0.2) is 76.6 Å². The van der Waals surface area contributed by atoms with Crippen LogP contribution in [-0.2, 0) is 0 Å². The first-order chi connectivity index (χ1) is 14.1. The molecule has 0 fully saturated rings. The van der Waals surface area contributed by atoms with Gasteiger partial charge in [0.2, 0.25) is 0 Å². The molecule has 0 aliphatic rings. The maximum Gasteiger partial charge on any atom is 0.336 e. The van der Waals surface area contributed by atoms with Crippen LogP contribution < -0.4 is 5.48 Å². The number of thiazole rings is 1. The lowest BCUT2D eigenvalue weighted by atomic mass is 9.96. The third kappa shape index (κ3) is 3.93. The predicted octanol–water partition coefficient (Wildman–Crippen LogP) is 6.51. The Balaban J connectivity index is 1.77. The molecule has 0 radical (unpaired) electrons. The summed E-state index contributed by atoms with van der Waals surface area (Å²) in [6.07, 6.45) is 0. The van der Waals surface area contributed by atoms with E-state index in [1.807, 2.05) is 41.2 Å². The summed E-state index contributed by atoms with van der Waals surface area (Å²) in [5.41, 5.74) is 5.86. The summed E-state index contributed by atoms with van der Waals surface area (Å²) < 4.78 is 0.965. The van der Waals surface area contributed by atoms with Crippen molar-refractivity contribution >= 4 is 38.9 Å². The Kier molecular flexibility index (Phi) is 5.44. The van der Waals surface area contributed by atoms with Crippen LogP contribution in [0, 0.1) is 5.21 Å². The van der Waals surface area contributed by atoms with Crippen molar-refractivity contribution in [2.75, 3.05) is 5.48 Å². The van der Waals surface area contributed by atoms with Crippen LogP contribution in [0.3, 0.4) is 0 Å². The molecule has 4 rings (SSSR count). The Hall–Kier alpha value is -3.00. The number of nitrogens with zero attached hydrogens (tertiary/aromatic N) is 1. The van der Waals surface area contributed by atoms with Gasteiger partial charge in [-0.25, -0.2) is 9.78 Å². The summed E-state index contributed by atoms with van der Waals surface area (Å²) in [7, 11) is 0. The first-order valence-corrected chi connectivity index (χ1v) is 10.3. The van der Waals surface area contributed by atoms with E-state index in [1.54, 1.807) is 36.4 Å². The number of rotatable bonds is 5. The van der Waals surface area contributed by atoms with E-state index < -0.39 is 5.97 Å². The highest BCUT2D eigenvalue weighted by atomic mass is 79.9. The number of aromatic carboxylic acids is 1. The standard InChI is InChI=1S/C22H14BrN2O3S/c23-15-5-3-4-13(10-15)20-12-29-21(24-20)14-8-9-16(18(11-14)22(26)27)17-6-1-2-7-19(17)25-28/h1-12,25H,(H,26,27)/q-1. The zero-order valence-corrected chi connectivity index (χ0v) is 17.3. The van der Waals surface area contributed by atoms with Gasteiger partial charge in [-0.05, 0) is 29.8 Å². The van der Waals surface area contributed by atoms with E-state index in [0.717, 1.165) is 20.7 Å². The van der Waals surface area contributed by atoms with Crippen molar-refractivity contribution in [3.05, 3.63) is 87.4 Å². The number of nitrogens with one attached hydrogen (secondary N) is 1. The number of anilines is 1. The van der Waals surface area contributed by atoms with E-state index in [-0.39, 0.29) is 5.56 Å². The Bertz CT molecular complexity index is 1210. The predicted molar refractivity (Wildman–Crippen MR) is 120 cm³/mol. The number of aromatic nitrogens is 1. The molecule has 0 bridgehead atoms. The Morgan fingerprint density at radius 3 is 2.59 bits per heavy atom. The van der Waals surface area contributed by atoms with Crippen LogP contribution in [0.1, 0.15) is 10.4 Å². The Morgan fingerprint density at radius 1 is 1.00 bits per heavy atom. The second kappa shape index (κ2) is 8.16. The first kappa shape index (κ1) is 19.3. The zero-order valence-electron chi connectivity index (χ0n) is 14.9. The van der Waals surface area contributed by atoms with Gasteiger partial charge in [-0.2, -0.15) is 0 Å². The van der Waals surface area contributed by atoms with Crippen LogP contribution in [0.4, 0.5) is 5.69 Å². The summed E-state index contributed by atoms with van der Waals surface area (Å²) in [4.78, 5) is 16.6. The highest BCUT2D eigenvalue weighted by Crippen LogP contribution is 2.35. The number of halogens is 1. The number of carboxylic acid groups (broad SMARTS) is 1. The van der Waals surface area contributed by atoms with E-state index in [4.69, 9.17) is 0 Å². The minimum absolute atomic E-state index is 0.115. The fraction of sp³-hybridized carbons (Fsp3) is 0. The first-order valence-electron chi connectivity index (χ1n) is 8.63. The minimum Gasteiger partial charge on any atom is -0.761 e. The second-order valence-corrected chi connectivity index (χ2v) is 8.04. The third-order valence-electron chi connectivity index (χ3n) is 4.45. The van der Waals surface area contributed by atoms with Crippen molar-refractivity contribution in [3.63, 3.8) is 0 Å². The molecule has 29 heavy (non-hydrogen) atoms. The molecule has 0 aliphatic carbocycles. The zero-order chi connectivity index (χ0) is 20.4. The van der Waals surface area contributed by atoms with E-state index in [1.165, 1.54) is 11.3 Å². The molecule has 0 aliphatic heterocycles. The molecule has 1 heterocycles. The van der Waals surface area contributed by atoms with Gasteiger partial charge >= 0.3 is 5.97 Å². The molecule has 2 N–H and O–H groups in total. The average Bonchev–Trinajstić information content (AvgIpc) is 3.23. The number of carbonyl (C=O) groups is 1. The quantitative estimate of drug-likeness (QED) is 0.328. The van der Waals surface area contributed by atoms with Crippen LogP contribution in [0.5, 0.6) is 0 Å². The Morgan fingerprint density at radius 2 is 1.83 bits per heavy atom.